The van der Waals surface area contributed by atoms with Gasteiger partial charge in [0.05, 0.1) is 16.7 Å². The fourth-order valence-electron chi connectivity index (χ4n) is 11.3. The van der Waals surface area contributed by atoms with E-state index in [1.165, 1.54) is 105 Å². The lowest BCUT2D eigenvalue weighted by Gasteiger charge is -2.33. The van der Waals surface area contributed by atoms with Crippen molar-refractivity contribution in [3.05, 3.63) is 267 Å². The second-order valence-corrected chi connectivity index (χ2v) is 18.4. The van der Waals surface area contributed by atoms with Crippen molar-refractivity contribution in [2.24, 2.45) is 0 Å². The minimum absolute atomic E-state index is 1.09. The van der Waals surface area contributed by atoms with Gasteiger partial charge < -0.3 is 9.47 Å². The van der Waals surface area contributed by atoms with Gasteiger partial charge in [0.2, 0.25) is 0 Å². The Kier molecular flexibility index (Phi) is 9.25. The molecule has 1 heterocycles. The molecule has 1 aliphatic carbocycles. The Bertz CT molecular complexity index is 4140. The number of rotatable bonds is 8. The van der Waals surface area contributed by atoms with Crippen molar-refractivity contribution in [3.8, 4) is 72.4 Å². The molecule has 0 atom stereocenters. The molecule has 2 heteroatoms. The standard InChI is InChI=1S/C68H44N2/c1-5-19-45(20-6-1)46-35-38-53(39-36-46)69(54-29-17-25-49(41-54)50-37-40-64-59(42-50)55-30-15-16-33-62(55)70(64)52-27-11-4-12-28-52)63-34-18-26-51-43-60-61(44-58(51)63)68-66(48-23-9-3-10-24-48)57-32-14-13-31-56(57)65(67(60)68)47-21-7-2-8-22-47/h1-44H. The van der Waals surface area contributed by atoms with Crippen molar-refractivity contribution < 1.29 is 0 Å². The molecule has 70 heavy (non-hydrogen) atoms. The molecule has 0 aliphatic heterocycles. The maximum Gasteiger partial charge on any atom is 0.0541 e. The average molecular weight is 889 g/mol. The van der Waals surface area contributed by atoms with Crippen molar-refractivity contribution in [2.45, 2.75) is 0 Å². The highest BCUT2D eigenvalue weighted by Crippen LogP contribution is 2.60. The molecule has 1 aliphatic rings. The first kappa shape index (κ1) is 39.9. The first-order chi connectivity index (χ1) is 34.7. The lowest BCUT2D eigenvalue weighted by molar-refractivity contribution is 1.18. The highest BCUT2D eigenvalue weighted by molar-refractivity contribution is 6.26. The predicted molar refractivity (Wildman–Crippen MR) is 297 cm³/mol. The first-order valence-corrected chi connectivity index (χ1v) is 24.2. The first-order valence-electron chi connectivity index (χ1n) is 24.2. The molecular formula is C68H44N2. The van der Waals surface area contributed by atoms with Crippen molar-refractivity contribution in [3.63, 3.8) is 0 Å². The van der Waals surface area contributed by atoms with Gasteiger partial charge in [0.25, 0.3) is 0 Å². The molecule has 0 spiro atoms. The second kappa shape index (κ2) is 16.2. The maximum absolute atomic E-state index is 2.48. The van der Waals surface area contributed by atoms with E-state index in [0.29, 0.717) is 0 Å². The van der Waals surface area contributed by atoms with Crippen LogP contribution in [0.4, 0.5) is 17.1 Å². The molecule has 13 aromatic rings. The van der Waals surface area contributed by atoms with Crippen molar-refractivity contribution in [1.82, 2.24) is 4.57 Å². The van der Waals surface area contributed by atoms with Crippen molar-refractivity contribution in [2.75, 3.05) is 4.90 Å². The van der Waals surface area contributed by atoms with Gasteiger partial charge in [-0.1, -0.05) is 194 Å². The molecule has 0 unspecified atom stereocenters. The van der Waals surface area contributed by atoms with E-state index < -0.39 is 0 Å². The summed E-state index contributed by atoms with van der Waals surface area (Å²) in [7, 11) is 0. The third kappa shape index (κ3) is 6.35. The van der Waals surface area contributed by atoms with Crippen LogP contribution in [0.2, 0.25) is 0 Å². The second-order valence-electron chi connectivity index (χ2n) is 18.4. The quantitative estimate of drug-likeness (QED) is 0.148. The van der Waals surface area contributed by atoms with Crippen LogP contribution in [0.1, 0.15) is 0 Å². The van der Waals surface area contributed by atoms with Gasteiger partial charge in [-0.15, -0.1) is 0 Å². The molecule has 1 aromatic heterocycles. The van der Waals surface area contributed by atoms with E-state index in [-0.39, 0.29) is 0 Å². The molecule has 0 fully saturated rings. The van der Waals surface area contributed by atoms with E-state index in [1.54, 1.807) is 0 Å². The lowest BCUT2D eigenvalue weighted by atomic mass is 9.70. The summed E-state index contributed by atoms with van der Waals surface area (Å²) in [6.45, 7) is 0. The molecule has 0 amide bonds. The SMILES string of the molecule is c1ccc(-c2ccc(N(c3cccc(-c4ccc5c(c4)c4ccccc4n5-c4ccccc4)c3)c3cccc4cc5c(cc34)-c3c-5c(-c4ccccc4)c4ccccc4c3-c3ccccc3)cc2)cc1. The topological polar surface area (TPSA) is 8.17 Å². The van der Waals surface area contributed by atoms with Gasteiger partial charge in [-0.2, -0.15) is 0 Å². The van der Waals surface area contributed by atoms with Crippen molar-refractivity contribution >= 4 is 60.4 Å². The Morgan fingerprint density at radius 2 is 0.757 bits per heavy atom. The van der Waals surface area contributed by atoms with Crippen molar-refractivity contribution in [1.29, 1.82) is 0 Å². The highest BCUT2D eigenvalue weighted by atomic mass is 15.1. The molecule has 0 bridgehead atoms. The monoisotopic (exact) mass is 888 g/mol. The number of para-hydroxylation sites is 2. The Labute approximate surface area is 407 Å². The summed E-state index contributed by atoms with van der Waals surface area (Å²) in [5, 5.41) is 7.43. The summed E-state index contributed by atoms with van der Waals surface area (Å²) >= 11 is 0. The fraction of sp³-hybridized carbons (Fsp3) is 0. The molecule has 14 rings (SSSR count). The summed E-state index contributed by atoms with van der Waals surface area (Å²) in [5.41, 5.74) is 21.9. The lowest BCUT2D eigenvalue weighted by Crippen LogP contribution is -2.11. The van der Waals surface area contributed by atoms with Crippen LogP contribution in [0, 0.1) is 0 Å². The molecule has 2 nitrogen and oxygen atoms in total. The summed E-state index contributed by atoms with van der Waals surface area (Å²) in [4.78, 5) is 2.46. The Hall–Kier alpha value is -9.24. The van der Waals surface area contributed by atoms with Crippen LogP contribution in [-0.4, -0.2) is 4.57 Å². The van der Waals surface area contributed by atoms with E-state index in [4.69, 9.17) is 0 Å². The average Bonchev–Trinajstić information content (AvgIpc) is 3.77. The molecular weight excluding hydrogens is 845 g/mol. The Balaban J connectivity index is 0.968. The number of anilines is 3. The molecule has 326 valence electrons. The van der Waals surface area contributed by atoms with Crippen LogP contribution in [0.5, 0.6) is 0 Å². The zero-order valence-corrected chi connectivity index (χ0v) is 38.3. The van der Waals surface area contributed by atoms with Crippen LogP contribution < -0.4 is 4.90 Å². The van der Waals surface area contributed by atoms with E-state index in [1.807, 2.05) is 0 Å². The number of benzene rings is 12. The highest BCUT2D eigenvalue weighted by Gasteiger charge is 2.33. The summed E-state index contributed by atoms with van der Waals surface area (Å²) in [6, 6.07) is 97.8. The van der Waals surface area contributed by atoms with Crippen LogP contribution in [0.3, 0.4) is 0 Å². The number of nitrogens with zero attached hydrogens (tertiary/aromatic N) is 2. The van der Waals surface area contributed by atoms with E-state index in [2.05, 4.69) is 276 Å². The van der Waals surface area contributed by atoms with E-state index in [9.17, 15) is 0 Å². The fourth-order valence-corrected chi connectivity index (χ4v) is 11.3. The molecule has 0 saturated carbocycles. The number of hydrogen-bond acceptors (Lipinski definition) is 1. The summed E-state index contributed by atoms with van der Waals surface area (Å²) in [5.74, 6) is 0. The van der Waals surface area contributed by atoms with Crippen LogP contribution in [0.25, 0.3) is 116 Å². The van der Waals surface area contributed by atoms with Gasteiger partial charge in [0, 0.05) is 33.2 Å². The van der Waals surface area contributed by atoms with Gasteiger partial charge >= 0.3 is 0 Å². The molecule has 0 N–H and O–H groups in total. The molecule has 0 radical (unpaired) electrons. The predicted octanol–water partition coefficient (Wildman–Crippen LogP) is 18.9. The zero-order chi connectivity index (χ0) is 46.1. The number of aromatic nitrogens is 1. The van der Waals surface area contributed by atoms with Gasteiger partial charge in [-0.3, -0.25) is 0 Å². The van der Waals surface area contributed by atoms with E-state index in [0.717, 1.165) is 28.3 Å². The summed E-state index contributed by atoms with van der Waals surface area (Å²) in [6.07, 6.45) is 0. The van der Waals surface area contributed by atoms with Gasteiger partial charge in [-0.05, 0) is 156 Å². The van der Waals surface area contributed by atoms with Crippen LogP contribution >= 0.6 is 0 Å². The Morgan fingerprint density at radius 3 is 1.43 bits per heavy atom. The largest absolute Gasteiger partial charge is 0.310 e. The Morgan fingerprint density at radius 1 is 0.257 bits per heavy atom. The zero-order valence-electron chi connectivity index (χ0n) is 38.3. The third-order valence-electron chi connectivity index (χ3n) is 14.5. The minimum atomic E-state index is 1.09. The third-order valence-corrected chi connectivity index (χ3v) is 14.5. The van der Waals surface area contributed by atoms with Crippen LogP contribution in [-0.2, 0) is 0 Å². The minimum Gasteiger partial charge on any atom is -0.310 e. The van der Waals surface area contributed by atoms with E-state index >= 15 is 0 Å². The number of hydrogen-bond donors (Lipinski definition) is 0. The molecule has 12 aromatic carbocycles. The van der Waals surface area contributed by atoms with Gasteiger partial charge in [0.1, 0.15) is 0 Å². The van der Waals surface area contributed by atoms with Crippen LogP contribution in [0.15, 0.2) is 267 Å². The van der Waals surface area contributed by atoms with Gasteiger partial charge in [0.15, 0.2) is 0 Å². The summed E-state index contributed by atoms with van der Waals surface area (Å²) < 4.78 is 2.38. The molecule has 0 saturated heterocycles. The normalized spacial score (nSPS) is 11.7. The number of fused-ring (bicyclic) bond motifs is 9. The maximum atomic E-state index is 2.48. The van der Waals surface area contributed by atoms with Gasteiger partial charge in [-0.25, -0.2) is 0 Å². The smallest absolute Gasteiger partial charge is 0.0541 e.